The Morgan fingerprint density at radius 1 is 1.10 bits per heavy atom. The van der Waals surface area contributed by atoms with Crippen molar-refractivity contribution >= 4 is 50.4 Å². The number of hydrogen-bond acceptors (Lipinski definition) is 5. The number of Topliss-reactive ketones (excluding diaryl/α,β-unsaturated/α-hetero) is 1. The monoisotopic (exact) mass is 477 g/mol. The summed E-state index contributed by atoms with van der Waals surface area (Å²) in [6.45, 7) is 1.77. The quantitative estimate of drug-likeness (QED) is 0.249. The molecule has 7 nitrogen and oxygen atoms in total. The molecule has 0 saturated carbocycles. The summed E-state index contributed by atoms with van der Waals surface area (Å²) in [7, 11) is 0. The van der Waals surface area contributed by atoms with Crippen molar-refractivity contribution in [2.24, 2.45) is 0 Å². The van der Waals surface area contributed by atoms with Crippen molar-refractivity contribution in [2.45, 2.75) is 13.0 Å². The number of ketones is 1. The number of halogens is 1. The number of aliphatic hydroxyl groups excluding tert-OH is 1. The molecule has 1 aliphatic rings. The number of carbonyl (C=O) groups is 2. The second kappa shape index (κ2) is 7.24. The molecular formula is C23H16BrN3O4. The molecule has 1 atom stereocenters. The number of para-hydroxylation sites is 2. The van der Waals surface area contributed by atoms with E-state index in [1.165, 1.54) is 4.90 Å². The highest BCUT2D eigenvalue weighted by atomic mass is 79.9. The van der Waals surface area contributed by atoms with E-state index in [1.54, 1.807) is 49.4 Å². The molecule has 1 unspecified atom stereocenters. The Hall–Kier alpha value is -3.65. The van der Waals surface area contributed by atoms with Gasteiger partial charge in [0, 0.05) is 10.0 Å². The maximum absolute atomic E-state index is 13.1. The first-order valence-electron chi connectivity index (χ1n) is 9.52. The Balaban J connectivity index is 1.72. The highest BCUT2D eigenvalue weighted by molar-refractivity contribution is 9.10. The minimum atomic E-state index is -0.960. The first kappa shape index (κ1) is 19.3. The molecule has 0 spiro atoms. The number of aromatic nitrogens is 2. The van der Waals surface area contributed by atoms with E-state index in [4.69, 9.17) is 4.42 Å². The zero-order valence-electron chi connectivity index (χ0n) is 16.3. The third-order valence-corrected chi connectivity index (χ3v) is 5.73. The Kier molecular flexibility index (Phi) is 4.51. The number of benzene rings is 2. The van der Waals surface area contributed by atoms with Gasteiger partial charge < -0.3 is 14.5 Å². The summed E-state index contributed by atoms with van der Waals surface area (Å²) in [4.78, 5) is 35.0. The van der Waals surface area contributed by atoms with Gasteiger partial charge in [-0.05, 0) is 43.3 Å². The van der Waals surface area contributed by atoms with E-state index in [9.17, 15) is 14.7 Å². The van der Waals surface area contributed by atoms with Crippen molar-refractivity contribution in [3.63, 3.8) is 0 Å². The summed E-state index contributed by atoms with van der Waals surface area (Å²) in [5, 5.41) is 11.0. The molecular weight excluding hydrogens is 462 g/mol. The van der Waals surface area contributed by atoms with E-state index in [0.29, 0.717) is 22.6 Å². The smallest absolute Gasteiger partial charge is 0.302 e. The molecule has 0 aliphatic carbocycles. The molecule has 8 heteroatoms. The molecule has 5 rings (SSSR count). The van der Waals surface area contributed by atoms with Gasteiger partial charge in [-0.1, -0.05) is 40.2 Å². The van der Waals surface area contributed by atoms with Crippen molar-refractivity contribution < 1.29 is 19.1 Å². The van der Waals surface area contributed by atoms with Gasteiger partial charge in [0.15, 0.2) is 0 Å². The molecule has 1 fully saturated rings. The topological polar surface area (TPSA) is 99.4 Å². The lowest BCUT2D eigenvalue weighted by molar-refractivity contribution is -0.132. The number of carbonyl (C=O) groups excluding carboxylic acids is 2. The second-order valence-electron chi connectivity index (χ2n) is 7.20. The molecule has 154 valence electrons. The minimum absolute atomic E-state index is 0.0536. The molecule has 31 heavy (non-hydrogen) atoms. The van der Waals surface area contributed by atoms with Crippen molar-refractivity contribution in [3.05, 3.63) is 87.8 Å². The van der Waals surface area contributed by atoms with Crippen molar-refractivity contribution in [2.75, 3.05) is 4.90 Å². The Morgan fingerprint density at radius 2 is 1.84 bits per heavy atom. The number of fused-ring (bicyclic) bond motifs is 1. The van der Waals surface area contributed by atoms with E-state index in [0.717, 1.165) is 9.99 Å². The molecule has 4 aromatic rings. The maximum atomic E-state index is 13.1. The van der Waals surface area contributed by atoms with Crippen LogP contribution in [0.15, 0.2) is 75.1 Å². The first-order valence-corrected chi connectivity index (χ1v) is 10.3. The van der Waals surface area contributed by atoms with Crippen molar-refractivity contribution in [1.29, 1.82) is 0 Å². The van der Waals surface area contributed by atoms with E-state index in [2.05, 4.69) is 25.9 Å². The number of nitrogens with one attached hydrogen (secondary N) is 1. The number of imidazole rings is 1. The molecule has 2 N–H and O–H groups in total. The lowest BCUT2D eigenvalue weighted by Crippen LogP contribution is -2.30. The van der Waals surface area contributed by atoms with E-state index < -0.39 is 17.7 Å². The first-order chi connectivity index (χ1) is 14.9. The number of nitrogens with zero attached hydrogens (tertiary/aromatic N) is 2. The average molecular weight is 478 g/mol. The summed E-state index contributed by atoms with van der Waals surface area (Å²) >= 11 is 3.35. The van der Waals surface area contributed by atoms with Gasteiger partial charge in [0.25, 0.3) is 5.78 Å². The average Bonchev–Trinajstić information content (AvgIpc) is 3.44. The lowest BCUT2D eigenvalue weighted by Gasteiger charge is -2.20. The Bertz CT molecular complexity index is 1330. The predicted octanol–water partition coefficient (Wildman–Crippen LogP) is 4.85. The highest BCUT2D eigenvalue weighted by Gasteiger charge is 2.49. The highest BCUT2D eigenvalue weighted by Crippen LogP contribution is 2.42. The zero-order valence-corrected chi connectivity index (χ0v) is 17.9. The summed E-state index contributed by atoms with van der Waals surface area (Å²) in [6.07, 6.45) is 0. The molecule has 2 aromatic heterocycles. The van der Waals surface area contributed by atoms with Crippen LogP contribution < -0.4 is 4.90 Å². The van der Waals surface area contributed by atoms with Crippen LogP contribution in [0.3, 0.4) is 0 Å². The van der Waals surface area contributed by atoms with Crippen LogP contribution in [0.1, 0.15) is 23.1 Å². The van der Waals surface area contributed by atoms with Gasteiger partial charge in [0.2, 0.25) is 5.95 Å². The van der Waals surface area contributed by atoms with Crippen molar-refractivity contribution in [3.8, 4) is 0 Å². The maximum Gasteiger partial charge on any atom is 0.302 e. The number of furan rings is 1. The van der Waals surface area contributed by atoms with Crippen LogP contribution in [-0.4, -0.2) is 26.8 Å². The summed E-state index contributed by atoms with van der Waals surface area (Å²) in [6, 6.07) is 16.6. The van der Waals surface area contributed by atoms with Crippen LogP contribution in [0, 0.1) is 6.92 Å². The van der Waals surface area contributed by atoms with Crippen LogP contribution in [0.25, 0.3) is 16.8 Å². The predicted molar refractivity (Wildman–Crippen MR) is 118 cm³/mol. The number of aromatic amines is 1. The summed E-state index contributed by atoms with van der Waals surface area (Å²) in [5.41, 5.74) is 1.74. The molecule has 1 aliphatic heterocycles. The number of hydrogen-bond donors (Lipinski definition) is 2. The van der Waals surface area contributed by atoms with Gasteiger partial charge in [-0.25, -0.2) is 4.98 Å². The third-order valence-electron chi connectivity index (χ3n) is 5.20. The number of rotatable bonds is 3. The standard InChI is InChI=1S/C23H16BrN3O4/c1-12-6-11-17(31-12)19-18(20(28)13-7-9-14(24)10-8-13)21(29)22(30)27(19)23-25-15-4-2-3-5-16(15)26-23/h2-11,19,28H,1H3,(H,25,26)/b20-18+. The number of H-pyrrole nitrogens is 1. The summed E-state index contributed by atoms with van der Waals surface area (Å²) in [5.74, 6) is -0.693. The second-order valence-corrected chi connectivity index (χ2v) is 8.12. The fraction of sp³-hybridized carbons (Fsp3) is 0.0870. The van der Waals surface area contributed by atoms with Gasteiger partial charge in [0.1, 0.15) is 23.3 Å². The fourth-order valence-electron chi connectivity index (χ4n) is 3.74. The van der Waals surface area contributed by atoms with Gasteiger partial charge in [0.05, 0.1) is 16.6 Å². The number of aliphatic hydroxyl groups is 1. The molecule has 3 heterocycles. The number of anilines is 1. The van der Waals surface area contributed by atoms with Crippen LogP contribution in [0.4, 0.5) is 5.95 Å². The van der Waals surface area contributed by atoms with E-state index in [-0.39, 0.29) is 17.3 Å². The minimum Gasteiger partial charge on any atom is -0.507 e. The molecule has 1 saturated heterocycles. The largest absolute Gasteiger partial charge is 0.507 e. The van der Waals surface area contributed by atoms with Gasteiger partial charge in [-0.3, -0.25) is 14.5 Å². The van der Waals surface area contributed by atoms with Crippen LogP contribution >= 0.6 is 15.9 Å². The van der Waals surface area contributed by atoms with E-state index in [1.807, 2.05) is 18.2 Å². The Morgan fingerprint density at radius 3 is 2.52 bits per heavy atom. The summed E-state index contributed by atoms with van der Waals surface area (Å²) < 4.78 is 6.61. The normalized spacial score (nSPS) is 18.3. The SMILES string of the molecule is Cc1ccc(C2/C(=C(\O)c3ccc(Br)cc3)C(=O)C(=O)N2c2nc3ccccc3[nH]2)o1. The third kappa shape index (κ3) is 3.16. The molecule has 0 radical (unpaired) electrons. The molecule has 2 aromatic carbocycles. The molecule has 1 amide bonds. The van der Waals surface area contributed by atoms with Gasteiger partial charge in [-0.2, -0.15) is 0 Å². The zero-order chi connectivity index (χ0) is 21.7. The number of amides is 1. The fourth-order valence-corrected chi connectivity index (χ4v) is 4.00. The van der Waals surface area contributed by atoms with Crippen LogP contribution in [0.5, 0.6) is 0 Å². The van der Waals surface area contributed by atoms with Gasteiger partial charge >= 0.3 is 5.91 Å². The number of aryl methyl sites for hydroxylation is 1. The Labute approximate surface area is 185 Å². The molecule has 0 bridgehead atoms. The van der Waals surface area contributed by atoms with Gasteiger partial charge in [-0.15, -0.1) is 0 Å². The lowest BCUT2D eigenvalue weighted by atomic mass is 9.99. The van der Waals surface area contributed by atoms with E-state index >= 15 is 0 Å². The van der Waals surface area contributed by atoms with Crippen molar-refractivity contribution in [1.82, 2.24) is 9.97 Å². The van der Waals surface area contributed by atoms with Crippen LogP contribution in [0.2, 0.25) is 0 Å². The van der Waals surface area contributed by atoms with Crippen LogP contribution in [-0.2, 0) is 9.59 Å².